The van der Waals surface area contributed by atoms with Gasteiger partial charge in [-0.15, -0.1) is 11.8 Å². The average Bonchev–Trinajstić information content (AvgIpc) is 2.66. The molecule has 1 N–H and O–H groups in total. The molecular weight excluding hydrogens is 398 g/mol. The van der Waals surface area contributed by atoms with E-state index in [9.17, 15) is 28.5 Å². The van der Waals surface area contributed by atoms with Gasteiger partial charge in [-0.25, -0.2) is 0 Å². The number of hydrogen-bond acceptors (Lipinski definition) is 7. The number of non-ortho nitro benzene ring substituents is 1. The summed E-state index contributed by atoms with van der Waals surface area (Å²) in [4.78, 5) is 34.2. The van der Waals surface area contributed by atoms with E-state index in [1.807, 2.05) is 0 Å². The zero-order chi connectivity index (χ0) is 20.5. The summed E-state index contributed by atoms with van der Waals surface area (Å²) in [5, 5.41) is 12.9. The zero-order valence-electron chi connectivity index (χ0n) is 14.2. The van der Waals surface area contributed by atoms with Crippen LogP contribution in [0.15, 0.2) is 53.4 Å². The molecule has 0 aromatic heterocycles. The van der Waals surface area contributed by atoms with Gasteiger partial charge in [0.25, 0.3) is 11.6 Å². The van der Waals surface area contributed by atoms with Crippen LogP contribution in [-0.2, 0) is 14.3 Å². The summed E-state index contributed by atoms with van der Waals surface area (Å²) in [7, 11) is 0. The molecular formula is C17H14F2N2O6S. The number of anilines is 1. The van der Waals surface area contributed by atoms with Gasteiger partial charge < -0.3 is 14.8 Å². The molecule has 11 heteroatoms. The molecule has 148 valence electrons. The van der Waals surface area contributed by atoms with Gasteiger partial charge in [-0.1, -0.05) is 12.1 Å². The lowest BCUT2D eigenvalue weighted by molar-refractivity contribution is -0.384. The van der Waals surface area contributed by atoms with Crippen LogP contribution < -0.4 is 10.1 Å². The molecule has 0 aliphatic carbocycles. The number of para-hydroxylation sites is 2. The SMILES string of the molecule is O=C(COC(=O)CSc1ccc([N+](=O)[O-])cc1)Nc1ccccc1OC(F)F. The second-order valence-electron chi connectivity index (χ2n) is 5.12. The molecule has 0 saturated carbocycles. The highest BCUT2D eigenvalue weighted by molar-refractivity contribution is 8.00. The number of nitro benzene ring substituents is 1. The van der Waals surface area contributed by atoms with E-state index in [0.717, 1.165) is 11.8 Å². The minimum absolute atomic E-state index is 0.0177. The molecule has 28 heavy (non-hydrogen) atoms. The van der Waals surface area contributed by atoms with Crippen LogP contribution in [0.3, 0.4) is 0 Å². The van der Waals surface area contributed by atoms with Crippen molar-refractivity contribution in [1.82, 2.24) is 0 Å². The Bertz CT molecular complexity index is 848. The van der Waals surface area contributed by atoms with Gasteiger partial charge in [0.15, 0.2) is 6.61 Å². The van der Waals surface area contributed by atoms with Gasteiger partial charge in [0.1, 0.15) is 5.75 Å². The maximum Gasteiger partial charge on any atom is 0.387 e. The number of rotatable bonds is 9. The topological polar surface area (TPSA) is 108 Å². The zero-order valence-corrected chi connectivity index (χ0v) is 15.0. The fraction of sp³-hybridized carbons (Fsp3) is 0.176. The Balaban J connectivity index is 1.78. The smallest absolute Gasteiger partial charge is 0.387 e. The monoisotopic (exact) mass is 412 g/mol. The largest absolute Gasteiger partial charge is 0.455 e. The number of hydrogen-bond donors (Lipinski definition) is 1. The van der Waals surface area contributed by atoms with Crippen molar-refractivity contribution in [1.29, 1.82) is 0 Å². The van der Waals surface area contributed by atoms with Crippen LogP contribution in [0.5, 0.6) is 5.75 Å². The maximum absolute atomic E-state index is 12.3. The van der Waals surface area contributed by atoms with Crippen molar-refractivity contribution in [3.8, 4) is 5.75 Å². The number of amides is 1. The standard InChI is InChI=1S/C17H14F2N2O6S/c18-17(19)27-14-4-2-1-3-13(14)20-15(22)9-26-16(23)10-28-12-7-5-11(6-8-12)21(24)25/h1-8,17H,9-10H2,(H,20,22). The highest BCUT2D eigenvalue weighted by Crippen LogP contribution is 2.25. The first-order chi connectivity index (χ1) is 13.3. The van der Waals surface area contributed by atoms with Crippen molar-refractivity contribution in [3.63, 3.8) is 0 Å². The average molecular weight is 412 g/mol. The number of alkyl halides is 2. The number of carbonyl (C=O) groups excluding carboxylic acids is 2. The van der Waals surface area contributed by atoms with E-state index in [1.54, 1.807) is 0 Å². The second-order valence-corrected chi connectivity index (χ2v) is 6.17. The van der Waals surface area contributed by atoms with Crippen molar-refractivity contribution >= 4 is 35.0 Å². The molecule has 0 unspecified atom stereocenters. The molecule has 0 heterocycles. The van der Waals surface area contributed by atoms with Gasteiger partial charge in [0, 0.05) is 17.0 Å². The molecule has 2 aromatic rings. The lowest BCUT2D eigenvalue weighted by atomic mass is 10.3. The lowest BCUT2D eigenvalue weighted by Gasteiger charge is -2.11. The Morgan fingerprint density at radius 1 is 1.14 bits per heavy atom. The number of nitrogens with one attached hydrogen (secondary N) is 1. The van der Waals surface area contributed by atoms with Gasteiger partial charge >= 0.3 is 12.6 Å². The Labute approximate surface area is 162 Å². The summed E-state index contributed by atoms with van der Waals surface area (Å²) < 4.78 is 33.8. The van der Waals surface area contributed by atoms with E-state index >= 15 is 0 Å². The number of esters is 1. The number of nitrogens with zero attached hydrogens (tertiary/aromatic N) is 1. The number of nitro groups is 1. The lowest BCUT2D eigenvalue weighted by Crippen LogP contribution is -2.22. The Morgan fingerprint density at radius 2 is 1.82 bits per heavy atom. The Hall–Kier alpha value is -3.21. The molecule has 0 aliphatic heterocycles. The fourth-order valence-corrected chi connectivity index (χ4v) is 2.65. The molecule has 0 atom stereocenters. The highest BCUT2D eigenvalue weighted by atomic mass is 32.2. The van der Waals surface area contributed by atoms with E-state index in [4.69, 9.17) is 4.74 Å². The van der Waals surface area contributed by atoms with Crippen LogP contribution in [0.2, 0.25) is 0 Å². The normalized spacial score (nSPS) is 10.4. The number of thioether (sulfide) groups is 1. The maximum atomic E-state index is 12.3. The van der Waals surface area contributed by atoms with Crippen molar-refractivity contribution in [2.45, 2.75) is 11.5 Å². The van der Waals surface area contributed by atoms with Crippen LogP contribution in [0, 0.1) is 10.1 Å². The molecule has 0 fully saturated rings. The van der Waals surface area contributed by atoms with Crippen molar-refractivity contribution in [2.24, 2.45) is 0 Å². The first kappa shape index (κ1) is 21.1. The number of ether oxygens (including phenoxy) is 2. The summed E-state index contributed by atoms with van der Waals surface area (Å²) in [6.45, 7) is -3.66. The van der Waals surface area contributed by atoms with E-state index in [0.29, 0.717) is 4.90 Å². The van der Waals surface area contributed by atoms with Gasteiger partial charge in [0.05, 0.1) is 16.4 Å². The summed E-state index contributed by atoms with van der Waals surface area (Å²) in [6.07, 6.45) is 0. The fourth-order valence-electron chi connectivity index (χ4n) is 1.95. The molecule has 2 rings (SSSR count). The van der Waals surface area contributed by atoms with Crippen LogP contribution in [0.4, 0.5) is 20.2 Å². The van der Waals surface area contributed by atoms with Crippen LogP contribution >= 0.6 is 11.8 Å². The predicted octanol–water partition coefficient (Wildman–Crippen LogP) is 3.47. The van der Waals surface area contributed by atoms with E-state index in [2.05, 4.69) is 10.1 Å². The summed E-state index contributed by atoms with van der Waals surface area (Å²) >= 11 is 1.08. The van der Waals surface area contributed by atoms with Gasteiger partial charge in [-0.2, -0.15) is 8.78 Å². The molecule has 0 bridgehead atoms. The van der Waals surface area contributed by atoms with Gasteiger partial charge in [-0.05, 0) is 24.3 Å². The van der Waals surface area contributed by atoms with E-state index < -0.39 is 30.0 Å². The molecule has 2 aromatic carbocycles. The molecule has 0 spiro atoms. The van der Waals surface area contributed by atoms with Crippen LogP contribution in [0.1, 0.15) is 0 Å². The minimum Gasteiger partial charge on any atom is -0.455 e. The van der Waals surface area contributed by atoms with Crippen molar-refractivity contribution in [3.05, 3.63) is 58.6 Å². The van der Waals surface area contributed by atoms with E-state index in [1.165, 1.54) is 48.5 Å². The van der Waals surface area contributed by atoms with Crippen molar-refractivity contribution in [2.75, 3.05) is 17.7 Å². The first-order valence-corrected chi connectivity index (χ1v) is 8.70. The Morgan fingerprint density at radius 3 is 2.46 bits per heavy atom. The van der Waals surface area contributed by atoms with Gasteiger partial charge in [0.2, 0.25) is 0 Å². The minimum atomic E-state index is -3.05. The summed E-state index contributed by atoms with van der Waals surface area (Å²) in [6, 6.07) is 11.2. The number of halogens is 2. The molecule has 1 amide bonds. The third kappa shape index (κ3) is 6.83. The van der Waals surface area contributed by atoms with Gasteiger partial charge in [-0.3, -0.25) is 19.7 Å². The number of carbonyl (C=O) groups is 2. The molecule has 0 radical (unpaired) electrons. The predicted molar refractivity (Wildman–Crippen MR) is 96.5 cm³/mol. The first-order valence-electron chi connectivity index (χ1n) is 7.71. The quantitative estimate of drug-likeness (QED) is 0.291. The van der Waals surface area contributed by atoms with E-state index in [-0.39, 0.29) is 22.9 Å². The van der Waals surface area contributed by atoms with Crippen LogP contribution in [-0.4, -0.2) is 35.8 Å². The summed E-state index contributed by atoms with van der Waals surface area (Å²) in [5.74, 6) is -1.74. The third-order valence-electron chi connectivity index (χ3n) is 3.15. The van der Waals surface area contributed by atoms with Crippen LogP contribution in [0.25, 0.3) is 0 Å². The summed E-state index contributed by atoms with van der Waals surface area (Å²) in [5.41, 5.74) is -0.0520. The second kappa shape index (κ2) is 10.2. The highest BCUT2D eigenvalue weighted by Gasteiger charge is 2.13. The Kier molecular flexibility index (Phi) is 7.69. The third-order valence-corrected chi connectivity index (χ3v) is 4.13. The molecule has 8 nitrogen and oxygen atoms in total. The van der Waals surface area contributed by atoms with Crippen molar-refractivity contribution < 1.29 is 32.8 Å². The number of benzene rings is 2. The molecule has 0 saturated heterocycles. The molecule has 0 aliphatic rings.